The third-order valence-electron chi connectivity index (χ3n) is 20.7. The Kier molecular flexibility index (Phi) is 19.3. The molecule has 2 heterocycles. The smallest absolute Gasteiger partial charge is 0.135 e. The van der Waals surface area contributed by atoms with Crippen LogP contribution in [-0.4, -0.2) is 0 Å². The van der Waals surface area contributed by atoms with Gasteiger partial charge in [-0.25, -0.2) is 0 Å². The highest BCUT2D eigenvalue weighted by molar-refractivity contribution is 7.25. The van der Waals surface area contributed by atoms with E-state index in [1.807, 2.05) is 41.7 Å². The van der Waals surface area contributed by atoms with E-state index in [0.29, 0.717) is 0 Å². The van der Waals surface area contributed by atoms with Gasteiger partial charge in [0.2, 0.25) is 0 Å². The molecule has 0 saturated carbocycles. The molecule has 0 aliphatic heterocycles. The van der Waals surface area contributed by atoms with E-state index in [4.69, 9.17) is 4.42 Å². The van der Waals surface area contributed by atoms with E-state index in [1.165, 1.54) is 178 Å². The molecule has 0 fully saturated rings. The van der Waals surface area contributed by atoms with Crippen LogP contribution in [0.1, 0.15) is 63.9 Å². The molecule has 1 aliphatic carbocycles. The molecule has 0 amide bonds. The summed E-state index contributed by atoms with van der Waals surface area (Å²) >= 11 is 1.88. The fourth-order valence-electron chi connectivity index (χ4n) is 15.3. The van der Waals surface area contributed by atoms with Crippen LogP contribution in [0.25, 0.3) is 139 Å². The van der Waals surface area contributed by atoms with Gasteiger partial charge in [-0.3, -0.25) is 0 Å². The number of hydrogen-bond donors (Lipinski definition) is 0. The third-order valence-corrected chi connectivity index (χ3v) is 21.9. The second-order valence-corrected chi connectivity index (χ2v) is 29.4. The fraction of sp³-hybridized carbons (Fsp3) is 0.0980. The van der Waals surface area contributed by atoms with Gasteiger partial charge in [0, 0.05) is 36.4 Å². The maximum absolute atomic E-state index is 5.73. The van der Waals surface area contributed by atoms with Gasteiger partial charge in [0.05, 0.1) is 0 Å². The molecule has 1 aliphatic rings. The lowest BCUT2D eigenvalue weighted by atomic mass is 9.82. The average Bonchev–Trinajstić information content (AvgIpc) is 1.55. The molecule has 0 spiro atoms. The van der Waals surface area contributed by atoms with Crippen molar-refractivity contribution in [2.75, 3.05) is 0 Å². The predicted octanol–water partition coefficient (Wildman–Crippen LogP) is 29.8. The van der Waals surface area contributed by atoms with Gasteiger partial charge in [-0.2, -0.15) is 0 Å². The van der Waals surface area contributed by atoms with Crippen LogP contribution in [0.5, 0.6) is 0 Å². The van der Waals surface area contributed by atoms with E-state index in [0.717, 1.165) is 11.2 Å². The summed E-state index contributed by atoms with van der Waals surface area (Å²) in [7, 11) is 0. The Balaban J connectivity index is 0.0000000977. The summed E-state index contributed by atoms with van der Waals surface area (Å²) in [5, 5.41) is 26.6. The first-order valence-electron chi connectivity index (χ1n) is 36.2. The van der Waals surface area contributed by atoms with Crippen molar-refractivity contribution in [3.8, 4) is 11.1 Å². The van der Waals surface area contributed by atoms with Crippen molar-refractivity contribution in [1.82, 2.24) is 0 Å². The summed E-state index contributed by atoms with van der Waals surface area (Å²) in [4.78, 5) is 0. The Hall–Kier alpha value is -11.9. The molecule has 0 unspecified atom stereocenters. The van der Waals surface area contributed by atoms with E-state index in [2.05, 4.69) is 378 Å². The Morgan fingerprint density at radius 2 is 0.644 bits per heavy atom. The standard InChI is InChI=1S/C16H16.4C15H12.C13H10O.C13H10S/c1-11-8-9-15-13(10-11)12-6-4-5-7-14(12)16(15,2)3;1-11-14-8-4-2-6-12(14)10-13-7-3-5-9-15(11)13;1-11-5-4-8-14-9-12-6-2-3-7-13(12)10-15(11)14;1-11-6-7-14-9-12-4-2-3-5-13(12)10-15(14)8-11;1-11-6-7-13-9-8-12-4-2-3-5-14(12)15(13)10-11;2*1-9-5-4-8-12-13(9)10-6-2-3-7-11(10)14-12/h4-10H,1-3H3;4*2-10H,1H3;2*2-8H,1H3. The Morgan fingerprint density at radius 1 is 0.231 bits per heavy atom. The molecule has 1 nitrogen and oxygen atoms in total. The van der Waals surface area contributed by atoms with Gasteiger partial charge in [-0.05, 0) is 234 Å². The number of rotatable bonds is 0. The molecule has 18 aromatic carbocycles. The van der Waals surface area contributed by atoms with Crippen molar-refractivity contribution in [2.45, 2.75) is 67.7 Å². The van der Waals surface area contributed by atoms with Crippen LogP contribution < -0.4 is 0 Å². The molecule has 0 saturated heterocycles. The van der Waals surface area contributed by atoms with Crippen molar-refractivity contribution in [2.24, 2.45) is 0 Å². The fourth-order valence-corrected chi connectivity index (χ4v) is 16.5. The van der Waals surface area contributed by atoms with Crippen LogP contribution in [0.15, 0.2) is 350 Å². The number of para-hydroxylation sites is 1. The van der Waals surface area contributed by atoms with Crippen LogP contribution in [0.3, 0.4) is 0 Å². The molecule has 0 N–H and O–H groups in total. The second kappa shape index (κ2) is 29.6. The largest absolute Gasteiger partial charge is 0.456 e. The minimum absolute atomic E-state index is 0.152. The topological polar surface area (TPSA) is 13.1 Å². The summed E-state index contributed by atoms with van der Waals surface area (Å²) in [5.74, 6) is 0. The molecule has 2 aromatic heterocycles. The number of aryl methyl sites for hydroxylation is 7. The zero-order valence-electron chi connectivity index (χ0n) is 60.7. The summed E-state index contributed by atoms with van der Waals surface area (Å²) < 4.78 is 8.51. The van der Waals surface area contributed by atoms with E-state index in [9.17, 15) is 0 Å². The van der Waals surface area contributed by atoms with E-state index >= 15 is 0 Å². The zero-order valence-corrected chi connectivity index (χ0v) is 61.5. The predicted molar refractivity (Wildman–Crippen MR) is 456 cm³/mol. The van der Waals surface area contributed by atoms with Gasteiger partial charge in [0.25, 0.3) is 0 Å². The van der Waals surface area contributed by atoms with Crippen molar-refractivity contribution in [3.63, 3.8) is 0 Å². The van der Waals surface area contributed by atoms with Crippen LogP contribution in [0, 0.1) is 48.5 Å². The Labute approximate surface area is 614 Å². The van der Waals surface area contributed by atoms with E-state index in [-0.39, 0.29) is 5.41 Å². The molecule has 0 radical (unpaired) electrons. The lowest BCUT2D eigenvalue weighted by Crippen LogP contribution is -2.14. The SMILES string of the molecule is Cc1c2ccccc2cc2ccccc12.Cc1ccc2c(c1)-c1ccccc1C2(C)C.Cc1ccc2cc3ccccc3cc2c1.Cc1ccc2ccc3ccccc3c2c1.Cc1cccc2cc3ccccc3cc12.Cc1cccc2oc3ccccc3c12.Cc1cccc2sc3ccccc3c12. The molecular formula is C102H84OS. The van der Waals surface area contributed by atoms with E-state index in [1.54, 1.807) is 0 Å². The summed E-state index contributed by atoms with van der Waals surface area (Å²) in [6.45, 7) is 19.7. The number of furan rings is 1. The first-order valence-corrected chi connectivity index (χ1v) is 37.0. The molecular weight excluding hydrogens is 1270 g/mol. The Bertz CT molecular complexity index is 6340. The Morgan fingerprint density at radius 3 is 1.35 bits per heavy atom. The number of hydrogen-bond acceptors (Lipinski definition) is 2. The average molecular weight is 1360 g/mol. The molecule has 2 heteroatoms. The van der Waals surface area contributed by atoms with Gasteiger partial charge in [-0.1, -0.05) is 322 Å². The van der Waals surface area contributed by atoms with Crippen LogP contribution >= 0.6 is 11.3 Å². The first-order chi connectivity index (χ1) is 50.7. The molecule has 0 bridgehead atoms. The van der Waals surface area contributed by atoms with Crippen molar-refractivity contribution >= 4 is 140 Å². The highest BCUT2D eigenvalue weighted by Gasteiger charge is 2.34. The summed E-state index contributed by atoms with van der Waals surface area (Å²) in [6, 6.07) is 123. The second-order valence-electron chi connectivity index (χ2n) is 28.3. The number of fused-ring (bicyclic) bond motifs is 18. The minimum atomic E-state index is 0.152. The van der Waals surface area contributed by atoms with Crippen LogP contribution in [0.2, 0.25) is 0 Å². The third kappa shape index (κ3) is 14.0. The zero-order chi connectivity index (χ0) is 71.4. The molecule has 20 aromatic rings. The molecule has 0 atom stereocenters. The van der Waals surface area contributed by atoms with Crippen molar-refractivity contribution in [3.05, 3.63) is 396 Å². The monoisotopic (exact) mass is 1360 g/mol. The van der Waals surface area contributed by atoms with Gasteiger partial charge in [0.1, 0.15) is 11.2 Å². The molecule has 504 valence electrons. The molecule has 104 heavy (non-hydrogen) atoms. The normalized spacial score (nSPS) is 11.8. The summed E-state index contributed by atoms with van der Waals surface area (Å²) in [5.41, 5.74) is 17.2. The van der Waals surface area contributed by atoms with Gasteiger partial charge >= 0.3 is 0 Å². The highest BCUT2D eigenvalue weighted by Crippen LogP contribution is 2.49. The maximum Gasteiger partial charge on any atom is 0.135 e. The quantitative estimate of drug-likeness (QED) is 0.109. The van der Waals surface area contributed by atoms with Gasteiger partial charge < -0.3 is 4.42 Å². The van der Waals surface area contributed by atoms with Crippen molar-refractivity contribution < 1.29 is 4.42 Å². The van der Waals surface area contributed by atoms with E-state index < -0.39 is 0 Å². The summed E-state index contributed by atoms with van der Waals surface area (Å²) in [6.07, 6.45) is 0. The lowest BCUT2D eigenvalue weighted by Gasteiger charge is -2.21. The van der Waals surface area contributed by atoms with Crippen LogP contribution in [-0.2, 0) is 5.41 Å². The van der Waals surface area contributed by atoms with Crippen molar-refractivity contribution in [1.29, 1.82) is 0 Å². The first kappa shape index (κ1) is 67.9. The van der Waals surface area contributed by atoms with Gasteiger partial charge in [-0.15, -0.1) is 11.3 Å². The highest BCUT2D eigenvalue weighted by atomic mass is 32.1. The number of thiophene rings is 1. The van der Waals surface area contributed by atoms with Crippen LogP contribution in [0.4, 0.5) is 0 Å². The lowest BCUT2D eigenvalue weighted by molar-refractivity contribution is 0.660. The number of benzene rings is 18. The molecule has 21 rings (SSSR count). The maximum atomic E-state index is 5.73. The minimum Gasteiger partial charge on any atom is -0.456 e. The van der Waals surface area contributed by atoms with Gasteiger partial charge in [0.15, 0.2) is 0 Å².